The van der Waals surface area contributed by atoms with Crippen molar-refractivity contribution >= 4 is 33.3 Å². The molecule has 27 heavy (non-hydrogen) atoms. The highest BCUT2D eigenvalue weighted by molar-refractivity contribution is 7.89. The Kier molecular flexibility index (Phi) is 6.39. The predicted octanol–water partition coefficient (Wildman–Crippen LogP) is 4.38. The van der Waals surface area contributed by atoms with Crippen LogP contribution in [0.15, 0.2) is 59.6 Å². The van der Waals surface area contributed by atoms with Crippen LogP contribution in [-0.2, 0) is 10.0 Å². The largest absolute Gasteiger partial charge is 0.325 e. The van der Waals surface area contributed by atoms with Gasteiger partial charge in [0.15, 0.2) is 0 Å². The van der Waals surface area contributed by atoms with Gasteiger partial charge in [-0.15, -0.1) is 0 Å². The van der Waals surface area contributed by atoms with Crippen LogP contribution in [0.3, 0.4) is 0 Å². The Balaban J connectivity index is 1.70. The molecule has 0 heterocycles. The van der Waals surface area contributed by atoms with Gasteiger partial charge in [0.1, 0.15) is 0 Å². The molecule has 5 nitrogen and oxygen atoms in total. The molecule has 0 spiro atoms. The van der Waals surface area contributed by atoms with Gasteiger partial charge in [-0.2, -0.15) is 0 Å². The number of hydrogen-bond donors (Lipinski definition) is 2. The molecule has 0 atom stereocenters. The number of halogens is 1. The Bertz CT molecular complexity index is 892. The Morgan fingerprint density at radius 3 is 2.37 bits per heavy atom. The highest BCUT2D eigenvalue weighted by atomic mass is 35.5. The molecule has 144 valence electrons. The Morgan fingerprint density at radius 2 is 1.74 bits per heavy atom. The average Bonchev–Trinajstić information content (AvgIpc) is 2.62. The van der Waals surface area contributed by atoms with E-state index < -0.39 is 10.0 Å². The second-order valence-electron chi connectivity index (χ2n) is 6.90. The molecular weight excluding hydrogens is 382 g/mol. The molecule has 1 fully saturated rings. The zero-order valence-electron chi connectivity index (χ0n) is 15.2. The van der Waals surface area contributed by atoms with E-state index in [1.54, 1.807) is 18.2 Å². The maximum Gasteiger partial charge on any atom is 0.232 e. The molecule has 7 heteroatoms. The van der Waals surface area contributed by atoms with E-state index >= 15 is 0 Å². The molecule has 0 aliphatic heterocycles. The van der Waals surface area contributed by atoms with Crippen molar-refractivity contribution in [2.24, 2.45) is 4.99 Å². The zero-order chi connectivity index (χ0) is 19.3. The van der Waals surface area contributed by atoms with E-state index in [1.165, 1.54) is 5.56 Å². The summed E-state index contributed by atoms with van der Waals surface area (Å²) in [6, 6.07) is 17.7. The quantitative estimate of drug-likeness (QED) is 0.585. The number of aliphatic imine (C=N–C) groups is 1. The zero-order valence-corrected chi connectivity index (χ0v) is 16.8. The summed E-state index contributed by atoms with van der Waals surface area (Å²) >= 11 is 6.01. The van der Waals surface area contributed by atoms with Crippen LogP contribution < -0.4 is 10.0 Å². The van der Waals surface area contributed by atoms with Crippen LogP contribution in [0.4, 0.5) is 5.69 Å². The number of nitrogens with one attached hydrogen (secondary N) is 2. The number of rotatable bonds is 4. The van der Waals surface area contributed by atoms with Gasteiger partial charge in [-0.3, -0.25) is 4.72 Å². The molecule has 2 N–H and O–H groups in total. The molecule has 0 unspecified atom stereocenters. The first-order valence-corrected chi connectivity index (χ1v) is 11.3. The van der Waals surface area contributed by atoms with Gasteiger partial charge in [0, 0.05) is 10.7 Å². The van der Waals surface area contributed by atoms with Crippen LogP contribution in [0.1, 0.15) is 37.2 Å². The summed E-state index contributed by atoms with van der Waals surface area (Å²) in [5.41, 5.74) is 2.06. The van der Waals surface area contributed by atoms with Crippen molar-refractivity contribution in [1.82, 2.24) is 4.72 Å². The number of guanidine groups is 1. The molecule has 0 saturated heterocycles. The number of anilines is 1. The lowest BCUT2D eigenvalue weighted by atomic mass is 9.82. The van der Waals surface area contributed by atoms with Gasteiger partial charge in [-0.25, -0.2) is 13.4 Å². The summed E-state index contributed by atoms with van der Waals surface area (Å²) in [4.78, 5) is 4.65. The van der Waals surface area contributed by atoms with Crippen LogP contribution in [0.5, 0.6) is 0 Å². The van der Waals surface area contributed by atoms with Gasteiger partial charge >= 0.3 is 0 Å². The summed E-state index contributed by atoms with van der Waals surface area (Å²) in [6.07, 6.45) is 5.05. The fourth-order valence-corrected chi connectivity index (χ4v) is 4.05. The normalized spacial score (nSPS) is 20.9. The van der Waals surface area contributed by atoms with Crippen molar-refractivity contribution in [3.05, 3.63) is 65.2 Å². The van der Waals surface area contributed by atoms with Crippen LogP contribution in [0.25, 0.3) is 0 Å². The number of sulfonamides is 1. The molecule has 2 aromatic carbocycles. The molecule has 3 rings (SSSR count). The Labute approximate surface area is 165 Å². The van der Waals surface area contributed by atoms with E-state index in [0.717, 1.165) is 31.9 Å². The van der Waals surface area contributed by atoms with Gasteiger partial charge in [0.05, 0.1) is 12.3 Å². The lowest BCUT2D eigenvalue weighted by molar-refractivity contribution is 0.397. The van der Waals surface area contributed by atoms with Crippen molar-refractivity contribution in [3.8, 4) is 0 Å². The summed E-state index contributed by atoms with van der Waals surface area (Å²) in [7, 11) is -3.43. The molecule has 0 aromatic heterocycles. The van der Waals surface area contributed by atoms with Crippen molar-refractivity contribution < 1.29 is 8.42 Å². The Morgan fingerprint density at radius 1 is 1.04 bits per heavy atom. The maximum atomic E-state index is 11.7. The highest BCUT2D eigenvalue weighted by Gasteiger charge is 2.22. The fraction of sp³-hybridized carbons (Fsp3) is 0.350. The van der Waals surface area contributed by atoms with Crippen molar-refractivity contribution in [2.45, 2.75) is 37.6 Å². The van der Waals surface area contributed by atoms with E-state index in [4.69, 9.17) is 11.6 Å². The summed E-state index contributed by atoms with van der Waals surface area (Å²) in [5, 5.41) is 3.61. The number of hydrogen-bond acceptors (Lipinski definition) is 3. The topological polar surface area (TPSA) is 70.6 Å². The first-order chi connectivity index (χ1) is 12.9. The number of nitrogens with zero attached hydrogens (tertiary/aromatic N) is 1. The molecule has 0 amide bonds. The number of benzene rings is 2. The molecule has 0 radical (unpaired) electrons. The first kappa shape index (κ1) is 19.7. The van der Waals surface area contributed by atoms with E-state index in [0.29, 0.717) is 16.6 Å². The average molecular weight is 406 g/mol. The molecule has 1 aliphatic rings. The minimum Gasteiger partial charge on any atom is -0.325 e. The van der Waals surface area contributed by atoms with Crippen LogP contribution in [0, 0.1) is 0 Å². The maximum absolute atomic E-state index is 11.7. The van der Waals surface area contributed by atoms with Gasteiger partial charge in [-0.05, 0) is 55.4 Å². The van der Waals surface area contributed by atoms with Gasteiger partial charge in [-0.1, -0.05) is 48.0 Å². The van der Waals surface area contributed by atoms with Crippen LogP contribution in [-0.4, -0.2) is 26.7 Å². The molecule has 1 saturated carbocycles. The lowest BCUT2D eigenvalue weighted by Crippen LogP contribution is -2.36. The third-order valence-electron chi connectivity index (χ3n) is 4.65. The van der Waals surface area contributed by atoms with Crippen molar-refractivity contribution in [2.75, 3.05) is 11.6 Å². The van der Waals surface area contributed by atoms with Crippen molar-refractivity contribution in [1.29, 1.82) is 0 Å². The monoisotopic (exact) mass is 405 g/mol. The van der Waals surface area contributed by atoms with Gasteiger partial charge < -0.3 is 5.32 Å². The molecule has 0 bridgehead atoms. The van der Waals surface area contributed by atoms with E-state index in [1.807, 2.05) is 12.1 Å². The summed E-state index contributed by atoms with van der Waals surface area (Å²) in [6.45, 7) is 0. The first-order valence-electron chi connectivity index (χ1n) is 9.02. The summed E-state index contributed by atoms with van der Waals surface area (Å²) in [5.74, 6) is 0.785. The predicted molar refractivity (Wildman–Crippen MR) is 112 cm³/mol. The second kappa shape index (κ2) is 8.76. The van der Waals surface area contributed by atoms with E-state index in [9.17, 15) is 8.42 Å². The Hall–Kier alpha value is -2.05. The highest BCUT2D eigenvalue weighted by Crippen LogP contribution is 2.34. The van der Waals surface area contributed by atoms with Gasteiger partial charge in [0.25, 0.3) is 0 Å². The molecule has 1 aliphatic carbocycles. The fourth-order valence-electron chi connectivity index (χ4n) is 3.41. The van der Waals surface area contributed by atoms with Crippen LogP contribution in [0.2, 0.25) is 5.02 Å². The van der Waals surface area contributed by atoms with E-state index in [-0.39, 0.29) is 12.0 Å². The minimum atomic E-state index is -3.43. The van der Waals surface area contributed by atoms with Gasteiger partial charge in [0.2, 0.25) is 16.0 Å². The van der Waals surface area contributed by atoms with Crippen molar-refractivity contribution in [3.63, 3.8) is 0 Å². The molecule has 2 aromatic rings. The smallest absolute Gasteiger partial charge is 0.232 e. The second-order valence-corrected chi connectivity index (χ2v) is 9.09. The third-order valence-corrected chi connectivity index (χ3v) is 5.45. The SMILES string of the molecule is CS(=O)(=O)NC(=NC1CCC(c2ccccc2)CC1)Nc1cccc(Cl)c1. The molecular formula is C20H24ClN3O2S. The summed E-state index contributed by atoms with van der Waals surface area (Å²) < 4.78 is 25.9. The standard InChI is InChI=1S/C20H24ClN3O2S/c1-27(25,26)24-20(23-19-9-5-8-17(21)14-19)22-18-12-10-16(11-13-18)15-6-3-2-4-7-15/h2-9,14,16,18H,10-13H2,1H3,(H2,22,23,24). The lowest BCUT2D eigenvalue weighted by Gasteiger charge is -2.27. The minimum absolute atomic E-state index is 0.0842. The van der Waals surface area contributed by atoms with E-state index in [2.05, 4.69) is 39.3 Å². The third kappa shape index (κ3) is 6.26. The van der Waals surface area contributed by atoms with Crippen LogP contribution >= 0.6 is 11.6 Å².